The van der Waals surface area contributed by atoms with Gasteiger partial charge in [-0.05, 0) is 64.5 Å². The summed E-state index contributed by atoms with van der Waals surface area (Å²) in [7, 11) is 0. The number of hydrogen-bond acceptors (Lipinski definition) is 4. The summed E-state index contributed by atoms with van der Waals surface area (Å²) in [5.41, 5.74) is 0.532. The third kappa shape index (κ3) is 7.72. The second-order valence-electron chi connectivity index (χ2n) is 7.76. The summed E-state index contributed by atoms with van der Waals surface area (Å²) in [6, 6.07) is 7.09. The lowest BCUT2D eigenvalue weighted by Crippen LogP contribution is -2.46. The number of halogens is 1. The molecule has 1 heterocycles. The molecule has 1 saturated heterocycles. The quantitative estimate of drug-likeness (QED) is 0.822. The number of carbonyl (C=O) groups is 2. The Labute approximate surface area is 160 Å². The Hall–Kier alpha value is -1.63. The Morgan fingerprint density at radius 2 is 1.50 bits per heavy atom. The summed E-state index contributed by atoms with van der Waals surface area (Å²) in [5.74, 6) is 0.0117. The molecule has 26 heavy (non-hydrogen) atoms. The first kappa shape index (κ1) is 20.7. The van der Waals surface area contributed by atoms with E-state index in [0.29, 0.717) is 18.1 Å². The molecule has 2 rings (SSSR count). The van der Waals surface area contributed by atoms with Crippen LogP contribution in [0.1, 0.15) is 27.2 Å². The van der Waals surface area contributed by atoms with Gasteiger partial charge in [0.15, 0.2) is 0 Å². The van der Waals surface area contributed by atoms with E-state index < -0.39 is 0 Å². The molecule has 0 spiro atoms. The number of nitrogens with zero attached hydrogens (tertiary/aromatic N) is 2. The van der Waals surface area contributed by atoms with Crippen molar-refractivity contribution in [3.05, 3.63) is 29.3 Å². The van der Waals surface area contributed by atoms with Gasteiger partial charge >= 0.3 is 0 Å². The number of anilines is 1. The summed E-state index contributed by atoms with van der Waals surface area (Å²) < 4.78 is 0. The van der Waals surface area contributed by atoms with Crippen LogP contribution in [-0.2, 0) is 9.59 Å². The minimum Gasteiger partial charge on any atom is -0.350 e. The topological polar surface area (TPSA) is 64.7 Å². The van der Waals surface area contributed by atoms with Crippen molar-refractivity contribution >= 4 is 29.1 Å². The maximum absolute atomic E-state index is 12.2. The molecule has 7 heteroatoms. The standard InChI is InChI=1S/C19H29ClN4O2/c1-19(2,3)22-18(26)14-24-10-4-9-23(11-12-24)13-17(25)21-16-7-5-15(20)6-8-16/h5-8H,4,9-14H2,1-3H3,(H,21,25)(H,22,26). The lowest BCUT2D eigenvalue weighted by atomic mass is 10.1. The van der Waals surface area contributed by atoms with Crippen molar-refractivity contribution in [2.75, 3.05) is 44.6 Å². The van der Waals surface area contributed by atoms with Gasteiger partial charge in [0.2, 0.25) is 11.8 Å². The van der Waals surface area contributed by atoms with E-state index in [-0.39, 0.29) is 17.4 Å². The van der Waals surface area contributed by atoms with Gasteiger partial charge in [0, 0.05) is 29.3 Å². The smallest absolute Gasteiger partial charge is 0.238 e. The Morgan fingerprint density at radius 1 is 0.962 bits per heavy atom. The van der Waals surface area contributed by atoms with Crippen LogP contribution in [0.2, 0.25) is 5.02 Å². The number of amides is 2. The zero-order chi connectivity index (χ0) is 19.2. The average Bonchev–Trinajstić information content (AvgIpc) is 2.73. The minimum absolute atomic E-state index is 0.0359. The van der Waals surface area contributed by atoms with Crippen molar-refractivity contribution in [2.45, 2.75) is 32.7 Å². The average molecular weight is 381 g/mol. The summed E-state index contributed by atoms with van der Waals surface area (Å²) >= 11 is 5.85. The summed E-state index contributed by atoms with van der Waals surface area (Å²) in [4.78, 5) is 28.6. The van der Waals surface area contributed by atoms with Gasteiger partial charge in [0.05, 0.1) is 13.1 Å². The third-order valence-electron chi connectivity index (χ3n) is 4.06. The van der Waals surface area contributed by atoms with Crippen LogP contribution < -0.4 is 10.6 Å². The van der Waals surface area contributed by atoms with Crippen LogP contribution in [0.15, 0.2) is 24.3 Å². The van der Waals surface area contributed by atoms with Crippen LogP contribution in [0.3, 0.4) is 0 Å². The predicted molar refractivity (Wildman–Crippen MR) is 105 cm³/mol. The Kier molecular flexibility index (Phi) is 7.43. The van der Waals surface area contributed by atoms with E-state index in [0.717, 1.165) is 38.3 Å². The zero-order valence-electron chi connectivity index (χ0n) is 15.8. The Morgan fingerprint density at radius 3 is 2.04 bits per heavy atom. The Bertz CT molecular complexity index is 613. The van der Waals surface area contributed by atoms with Crippen LogP contribution in [0.4, 0.5) is 5.69 Å². The maximum Gasteiger partial charge on any atom is 0.238 e. The molecule has 2 amide bonds. The van der Waals surface area contributed by atoms with Gasteiger partial charge < -0.3 is 10.6 Å². The molecule has 144 valence electrons. The summed E-state index contributed by atoms with van der Waals surface area (Å²) in [6.07, 6.45) is 0.941. The van der Waals surface area contributed by atoms with Gasteiger partial charge in [0.1, 0.15) is 0 Å². The fraction of sp³-hybridized carbons (Fsp3) is 0.579. The molecule has 0 bridgehead atoms. The number of rotatable bonds is 5. The number of carbonyl (C=O) groups excluding carboxylic acids is 2. The zero-order valence-corrected chi connectivity index (χ0v) is 16.6. The van der Waals surface area contributed by atoms with E-state index in [2.05, 4.69) is 20.4 Å². The molecule has 0 atom stereocenters. The summed E-state index contributed by atoms with van der Waals surface area (Å²) in [6.45, 7) is 9.98. The number of nitrogens with one attached hydrogen (secondary N) is 2. The highest BCUT2D eigenvalue weighted by Crippen LogP contribution is 2.13. The van der Waals surface area contributed by atoms with Crippen LogP contribution >= 0.6 is 11.6 Å². The van der Waals surface area contributed by atoms with Gasteiger partial charge in [-0.2, -0.15) is 0 Å². The highest BCUT2D eigenvalue weighted by molar-refractivity contribution is 6.30. The monoisotopic (exact) mass is 380 g/mol. The van der Waals surface area contributed by atoms with E-state index >= 15 is 0 Å². The van der Waals surface area contributed by atoms with E-state index in [1.54, 1.807) is 24.3 Å². The first-order chi connectivity index (χ1) is 12.2. The van der Waals surface area contributed by atoms with Crippen molar-refractivity contribution in [3.63, 3.8) is 0 Å². The van der Waals surface area contributed by atoms with Crippen LogP contribution in [0, 0.1) is 0 Å². The third-order valence-corrected chi connectivity index (χ3v) is 4.31. The van der Waals surface area contributed by atoms with Gasteiger partial charge in [-0.1, -0.05) is 11.6 Å². The van der Waals surface area contributed by atoms with Crippen molar-refractivity contribution in [1.29, 1.82) is 0 Å². The molecule has 0 aromatic heterocycles. The van der Waals surface area contributed by atoms with Crippen LogP contribution in [0.5, 0.6) is 0 Å². The SMILES string of the molecule is CC(C)(C)NC(=O)CN1CCCN(CC(=O)Nc2ccc(Cl)cc2)CC1. The molecule has 6 nitrogen and oxygen atoms in total. The van der Waals surface area contributed by atoms with Gasteiger partial charge in [-0.25, -0.2) is 0 Å². The lowest BCUT2D eigenvalue weighted by Gasteiger charge is -2.25. The molecule has 1 aromatic carbocycles. The Balaban J connectivity index is 1.76. The van der Waals surface area contributed by atoms with Crippen molar-refractivity contribution in [2.24, 2.45) is 0 Å². The van der Waals surface area contributed by atoms with Crippen molar-refractivity contribution < 1.29 is 9.59 Å². The molecular weight excluding hydrogens is 352 g/mol. The molecule has 0 aliphatic carbocycles. The minimum atomic E-state index is -0.214. The first-order valence-electron chi connectivity index (χ1n) is 9.02. The first-order valence-corrected chi connectivity index (χ1v) is 9.40. The van der Waals surface area contributed by atoms with E-state index in [1.807, 2.05) is 20.8 Å². The molecule has 0 saturated carbocycles. The second kappa shape index (κ2) is 9.35. The molecule has 1 aliphatic rings. The molecule has 2 N–H and O–H groups in total. The maximum atomic E-state index is 12.2. The van der Waals surface area contributed by atoms with Gasteiger partial charge in [0.25, 0.3) is 0 Å². The van der Waals surface area contributed by atoms with Crippen molar-refractivity contribution in [1.82, 2.24) is 15.1 Å². The molecule has 1 fully saturated rings. The fourth-order valence-corrected chi connectivity index (χ4v) is 3.06. The van der Waals surface area contributed by atoms with Crippen LogP contribution in [0.25, 0.3) is 0 Å². The lowest BCUT2D eigenvalue weighted by molar-refractivity contribution is -0.123. The molecule has 0 unspecified atom stereocenters. The molecule has 1 aliphatic heterocycles. The molecule has 0 radical (unpaired) electrons. The fourth-order valence-electron chi connectivity index (χ4n) is 2.94. The highest BCUT2D eigenvalue weighted by atomic mass is 35.5. The normalized spacial score (nSPS) is 16.8. The number of hydrogen-bond donors (Lipinski definition) is 2. The highest BCUT2D eigenvalue weighted by Gasteiger charge is 2.20. The molecular formula is C19H29ClN4O2. The van der Waals surface area contributed by atoms with E-state index in [9.17, 15) is 9.59 Å². The largest absolute Gasteiger partial charge is 0.350 e. The van der Waals surface area contributed by atoms with Gasteiger partial charge in [-0.3, -0.25) is 19.4 Å². The summed E-state index contributed by atoms with van der Waals surface area (Å²) in [5, 5.41) is 6.53. The van der Waals surface area contributed by atoms with E-state index in [1.165, 1.54) is 0 Å². The second-order valence-corrected chi connectivity index (χ2v) is 8.20. The van der Waals surface area contributed by atoms with Crippen LogP contribution in [-0.4, -0.2) is 66.4 Å². The van der Waals surface area contributed by atoms with Gasteiger partial charge in [-0.15, -0.1) is 0 Å². The number of benzene rings is 1. The van der Waals surface area contributed by atoms with E-state index in [4.69, 9.17) is 11.6 Å². The van der Waals surface area contributed by atoms with Crippen molar-refractivity contribution in [3.8, 4) is 0 Å². The molecule has 1 aromatic rings. The predicted octanol–water partition coefficient (Wildman–Crippen LogP) is 2.20.